The predicted octanol–water partition coefficient (Wildman–Crippen LogP) is 3.56. The monoisotopic (exact) mass is 385 g/mol. The van der Waals surface area contributed by atoms with Gasteiger partial charge >= 0.3 is 0 Å². The van der Waals surface area contributed by atoms with Gasteiger partial charge in [-0.15, -0.1) is 0 Å². The molecule has 0 heterocycles. The molecule has 2 aromatic carbocycles. The summed E-state index contributed by atoms with van der Waals surface area (Å²) in [7, 11) is 0. The maximum absolute atomic E-state index is 11.8. The molecule has 0 unspecified atom stereocenters. The largest absolute Gasteiger partial charge is 0.507 e. The van der Waals surface area contributed by atoms with Crippen LogP contribution in [-0.2, 0) is 11.2 Å². The molecule has 0 aliphatic rings. The lowest BCUT2D eigenvalue weighted by Crippen LogP contribution is -2.24. The molecule has 8 heteroatoms. The molecule has 0 fully saturated rings. The van der Waals surface area contributed by atoms with Crippen molar-refractivity contribution in [2.75, 3.05) is 6.61 Å². The van der Waals surface area contributed by atoms with E-state index in [0.717, 1.165) is 25.1 Å². The molecule has 2 rings (SSSR count). The second-order valence-corrected chi connectivity index (χ2v) is 6.18. The van der Waals surface area contributed by atoms with E-state index in [2.05, 4.69) is 17.5 Å². The van der Waals surface area contributed by atoms with E-state index < -0.39 is 10.8 Å². The number of non-ortho nitro benzene ring substituents is 1. The number of phenolic OH excluding ortho intramolecular Hbond substituents is 1. The second-order valence-electron chi connectivity index (χ2n) is 6.18. The van der Waals surface area contributed by atoms with E-state index in [0.29, 0.717) is 5.75 Å². The zero-order valence-electron chi connectivity index (χ0n) is 15.6. The molecule has 2 aromatic rings. The van der Waals surface area contributed by atoms with Crippen molar-refractivity contribution in [2.45, 2.75) is 32.6 Å². The fraction of sp³-hybridized carbons (Fsp3) is 0.300. The van der Waals surface area contributed by atoms with Gasteiger partial charge in [0.1, 0.15) is 11.5 Å². The van der Waals surface area contributed by atoms with E-state index >= 15 is 0 Å². The van der Waals surface area contributed by atoms with Gasteiger partial charge < -0.3 is 9.84 Å². The number of hydrazone groups is 1. The predicted molar refractivity (Wildman–Crippen MR) is 106 cm³/mol. The third kappa shape index (κ3) is 6.71. The molecular formula is C20H23N3O5. The van der Waals surface area contributed by atoms with E-state index in [9.17, 15) is 20.0 Å². The van der Waals surface area contributed by atoms with Crippen LogP contribution in [0.5, 0.6) is 11.5 Å². The first-order chi connectivity index (χ1) is 13.5. The zero-order chi connectivity index (χ0) is 20.4. The summed E-state index contributed by atoms with van der Waals surface area (Å²) in [6.45, 7) is 1.94. The Morgan fingerprint density at radius 2 is 2.00 bits per heavy atom. The first-order valence-electron chi connectivity index (χ1n) is 9.00. The molecule has 8 nitrogen and oxygen atoms in total. The van der Waals surface area contributed by atoms with Gasteiger partial charge in [-0.1, -0.05) is 31.9 Å². The van der Waals surface area contributed by atoms with Gasteiger partial charge in [-0.3, -0.25) is 14.9 Å². The number of nitrogens with one attached hydrogen (secondary N) is 1. The first-order valence-corrected chi connectivity index (χ1v) is 9.00. The minimum absolute atomic E-state index is 0.120. The summed E-state index contributed by atoms with van der Waals surface area (Å²) >= 11 is 0. The molecule has 2 N–H and O–H groups in total. The Morgan fingerprint density at radius 1 is 1.25 bits per heavy atom. The molecule has 0 aliphatic carbocycles. The number of carbonyl (C=O) groups is 1. The number of hydrogen-bond donors (Lipinski definition) is 2. The summed E-state index contributed by atoms with van der Waals surface area (Å²) in [5.41, 5.74) is 3.41. The molecule has 0 bridgehead atoms. The van der Waals surface area contributed by atoms with Crippen molar-refractivity contribution < 1.29 is 19.6 Å². The van der Waals surface area contributed by atoms with Crippen molar-refractivity contribution in [3.8, 4) is 11.5 Å². The van der Waals surface area contributed by atoms with E-state index in [1.165, 1.54) is 30.5 Å². The number of nitro groups is 1. The lowest BCUT2D eigenvalue weighted by molar-refractivity contribution is -0.384. The number of nitrogens with zero attached hydrogens (tertiary/aromatic N) is 2. The van der Waals surface area contributed by atoms with Gasteiger partial charge in [0.2, 0.25) is 0 Å². The van der Waals surface area contributed by atoms with Gasteiger partial charge in [-0.2, -0.15) is 5.10 Å². The average Bonchev–Trinajstić information content (AvgIpc) is 2.69. The summed E-state index contributed by atoms with van der Waals surface area (Å²) < 4.78 is 5.40. The number of aryl methyl sites for hydroxylation is 1. The molecule has 148 valence electrons. The summed E-state index contributed by atoms with van der Waals surface area (Å²) in [5, 5.41) is 24.1. The number of carbonyl (C=O) groups excluding carboxylic acids is 1. The highest BCUT2D eigenvalue weighted by Crippen LogP contribution is 2.21. The Kier molecular flexibility index (Phi) is 7.95. The number of phenols is 1. The first kappa shape index (κ1) is 20.9. The number of rotatable bonds is 10. The fourth-order valence-electron chi connectivity index (χ4n) is 2.45. The quantitative estimate of drug-likeness (QED) is 0.281. The van der Waals surface area contributed by atoms with Crippen LogP contribution >= 0.6 is 0 Å². The molecule has 0 saturated carbocycles. The third-order valence-corrected chi connectivity index (χ3v) is 3.98. The lowest BCUT2D eigenvalue weighted by atomic mass is 10.1. The van der Waals surface area contributed by atoms with Crippen molar-refractivity contribution in [1.29, 1.82) is 0 Å². The Hall–Kier alpha value is -3.42. The number of amides is 1. The molecule has 0 spiro atoms. The number of aromatic hydroxyl groups is 1. The minimum Gasteiger partial charge on any atom is -0.507 e. The number of unbranched alkanes of at least 4 members (excludes halogenated alkanes) is 2. The number of nitro benzene ring substituents is 1. The van der Waals surface area contributed by atoms with Crippen LogP contribution in [0.3, 0.4) is 0 Å². The van der Waals surface area contributed by atoms with E-state index in [1.807, 2.05) is 24.3 Å². The van der Waals surface area contributed by atoms with Crippen molar-refractivity contribution in [1.82, 2.24) is 5.43 Å². The van der Waals surface area contributed by atoms with E-state index in [-0.39, 0.29) is 23.6 Å². The Bertz CT molecular complexity index is 834. The molecule has 0 radical (unpaired) electrons. The van der Waals surface area contributed by atoms with Gasteiger partial charge in [0.25, 0.3) is 11.6 Å². The molecule has 0 saturated heterocycles. The highest BCUT2D eigenvalue weighted by atomic mass is 16.6. The molecule has 28 heavy (non-hydrogen) atoms. The average molecular weight is 385 g/mol. The third-order valence-electron chi connectivity index (χ3n) is 3.98. The SMILES string of the molecule is CCCCCc1ccc(OCC(=O)N/N=C/c2cc([N+](=O)[O-])ccc2O)cc1. The standard InChI is InChI=1S/C20H23N3O5/c1-2-3-4-5-15-6-9-18(10-7-15)28-14-20(25)22-21-13-16-12-17(23(26)27)8-11-19(16)24/h6-13,24H,2-5,14H2,1H3,(H,22,25)/b21-13+. The van der Waals surface area contributed by atoms with Gasteiger partial charge in [-0.25, -0.2) is 5.43 Å². The Balaban J connectivity index is 1.80. The molecule has 0 atom stereocenters. The van der Waals surface area contributed by atoms with Gasteiger partial charge in [0, 0.05) is 17.7 Å². The van der Waals surface area contributed by atoms with Crippen LogP contribution in [0.15, 0.2) is 47.6 Å². The fourth-order valence-corrected chi connectivity index (χ4v) is 2.45. The van der Waals surface area contributed by atoms with E-state index in [1.54, 1.807) is 0 Å². The normalized spacial score (nSPS) is 10.8. The highest BCUT2D eigenvalue weighted by molar-refractivity contribution is 5.86. The molecule has 0 aliphatic heterocycles. The summed E-state index contributed by atoms with van der Waals surface area (Å²) in [6, 6.07) is 11.1. The Morgan fingerprint density at radius 3 is 2.68 bits per heavy atom. The molecule has 1 amide bonds. The van der Waals surface area contributed by atoms with Crippen LogP contribution in [0.4, 0.5) is 5.69 Å². The van der Waals surface area contributed by atoms with Gasteiger partial charge in [0.15, 0.2) is 6.61 Å². The van der Waals surface area contributed by atoms with Crippen LogP contribution in [0.2, 0.25) is 0 Å². The second kappa shape index (κ2) is 10.7. The van der Waals surface area contributed by atoms with E-state index in [4.69, 9.17) is 4.74 Å². The zero-order valence-corrected chi connectivity index (χ0v) is 15.6. The van der Waals surface area contributed by atoms with Crippen LogP contribution in [0, 0.1) is 10.1 Å². The number of hydrogen-bond acceptors (Lipinski definition) is 6. The van der Waals surface area contributed by atoms with Crippen LogP contribution < -0.4 is 10.2 Å². The summed E-state index contributed by atoms with van der Waals surface area (Å²) in [6.07, 6.45) is 5.68. The lowest BCUT2D eigenvalue weighted by Gasteiger charge is -2.06. The van der Waals surface area contributed by atoms with Gasteiger partial charge in [-0.05, 0) is 36.6 Å². The van der Waals surface area contributed by atoms with Crippen molar-refractivity contribution in [2.24, 2.45) is 5.10 Å². The smallest absolute Gasteiger partial charge is 0.277 e. The number of benzene rings is 2. The highest BCUT2D eigenvalue weighted by Gasteiger charge is 2.09. The maximum atomic E-state index is 11.8. The van der Waals surface area contributed by atoms with Gasteiger partial charge in [0.05, 0.1) is 11.1 Å². The van der Waals surface area contributed by atoms with Crippen molar-refractivity contribution in [3.63, 3.8) is 0 Å². The minimum atomic E-state index is -0.585. The van der Waals surface area contributed by atoms with Crippen molar-refractivity contribution >= 4 is 17.8 Å². The Labute approximate surface area is 163 Å². The summed E-state index contributed by atoms with van der Waals surface area (Å²) in [5.74, 6) is -0.0956. The maximum Gasteiger partial charge on any atom is 0.277 e. The van der Waals surface area contributed by atoms with Crippen LogP contribution in [0.1, 0.15) is 37.3 Å². The summed E-state index contributed by atoms with van der Waals surface area (Å²) in [4.78, 5) is 21.9. The molecule has 0 aromatic heterocycles. The number of ether oxygens (including phenoxy) is 1. The topological polar surface area (TPSA) is 114 Å². The van der Waals surface area contributed by atoms with Crippen LogP contribution in [-0.4, -0.2) is 28.8 Å². The van der Waals surface area contributed by atoms with Crippen molar-refractivity contribution in [3.05, 3.63) is 63.7 Å². The molecular weight excluding hydrogens is 362 g/mol. The van der Waals surface area contributed by atoms with Crippen LogP contribution in [0.25, 0.3) is 0 Å².